The van der Waals surface area contributed by atoms with Crippen molar-refractivity contribution in [2.24, 2.45) is 7.05 Å². The Morgan fingerprint density at radius 2 is 2.22 bits per heavy atom. The van der Waals surface area contributed by atoms with Gasteiger partial charge in [-0.2, -0.15) is 5.10 Å². The van der Waals surface area contributed by atoms with Crippen LogP contribution in [0.15, 0.2) is 15.5 Å². The lowest BCUT2D eigenvalue weighted by Gasteiger charge is -2.04. The van der Waals surface area contributed by atoms with E-state index in [0.717, 1.165) is 29.8 Å². The Morgan fingerprint density at radius 1 is 1.50 bits per heavy atom. The van der Waals surface area contributed by atoms with Crippen molar-refractivity contribution in [1.82, 2.24) is 19.7 Å². The summed E-state index contributed by atoms with van der Waals surface area (Å²) in [5.74, 6) is 0.581. The zero-order valence-corrected chi connectivity index (χ0v) is 12.2. The number of aromatic amines is 1. The van der Waals surface area contributed by atoms with Crippen LogP contribution in [-0.4, -0.2) is 19.7 Å². The highest BCUT2D eigenvalue weighted by molar-refractivity contribution is 9.10. The van der Waals surface area contributed by atoms with Crippen LogP contribution in [0.5, 0.6) is 0 Å². The Balaban J connectivity index is 2.59. The number of aryl methyl sites for hydroxylation is 3. The normalized spacial score (nSPS) is 10.9. The number of H-pyrrole nitrogens is 1. The van der Waals surface area contributed by atoms with Gasteiger partial charge in [-0.05, 0) is 29.3 Å². The summed E-state index contributed by atoms with van der Waals surface area (Å²) in [6.45, 7) is 3.96. The largest absolute Gasteiger partial charge is 0.305 e. The molecule has 0 aliphatic heterocycles. The van der Waals surface area contributed by atoms with Gasteiger partial charge in [0.2, 0.25) is 0 Å². The first-order valence-electron chi connectivity index (χ1n) is 5.82. The fourth-order valence-electron chi connectivity index (χ4n) is 1.87. The molecule has 6 heteroatoms. The van der Waals surface area contributed by atoms with Crippen LogP contribution < -0.4 is 5.56 Å². The summed E-state index contributed by atoms with van der Waals surface area (Å²) in [5.41, 5.74) is 2.36. The molecule has 0 aliphatic rings. The topological polar surface area (TPSA) is 63.6 Å². The van der Waals surface area contributed by atoms with Gasteiger partial charge in [0.1, 0.15) is 10.3 Å². The summed E-state index contributed by atoms with van der Waals surface area (Å²) in [6.07, 6.45) is 3.58. The molecule has 0 fully saturated rings. The zero-order chi connectivity index (χ0) is 13.3. The number of halogens is 1. The minimum atomic E-state index is -0.147. The maximum Gasteiger partial charge on any atom is 0.265 e. The van der Waals surface area contributed by atoms with E-state index in [0.29, 0.717) is 10.3 Å². The van der Waals surface area contributed by atoms with Crippen molar-refractivity contribution in [2.75, 3.05) is 0 Å². The number of nitrogens with zero attached hydrogens (tertiary/aromatic N) is 3. The molecule has 5 nitrogen and oxygen atoms in total. The maximum absolute atomic E-state index is 11.9. The summed E-state index contributed by atoms with van der Waals surface area (Å²) < 4.78 is 2.24. The van der Waals surface area contributed by atoms with Gasteiger partial charge in [-0.1, -0.05) is 13.3 Å². The molecule has 2 heterocycles. The predicted octanol–water partition coefficient (Wildman–Crippen LogP) is 2.19. The first-order valence-corrected chi connectivity index (χ1v) is 6.61. The van der Waals surface area contributed by atoms with E-state index in [1.54, 1.807) is 4.68 Å². The van der Waals surface area contributed by atoms with Gasteiger partial charge in [-0.25, -0.2) is 4.98 Å². The van der Waals surface area contributed by atoms with Gasteiger partial charge in [-0.15, -0.1) is 0 Å². The number of aromatic nitrogens is 4. The molecule has 0 radical (unpaired) electrons. The molecule has 0 saturated carbocycles. The quantitative estimate of drug-likeness (QED) is 0.945. The van der Waals surface area contributed by atoms with Crippen molar-refractivity contribution in [1.29, 1.82) is 0 Å². The smallest absolute Gasteiger partial charge is 0.265 e. The van der Waals surface area contributed by atoms with E-state index < -0.39 is 0 Å². The van der Waals surface area contributed by atoms with E-state index in [2.05, 4.69) is 37.9 Å². The lowest BCUT2D eigenvalue weighted by atomic mass is 10.2. The molecular weight excluding hydrogens is 296 g/mol. The van der Waals surface area contributed by atoms with Crippen LogP contribution in [-0.2, 0) is 13.5 Å². The van der Waals surface area contributed by atoms with Crippen LogP contribution >= 0.6 is 15.9 Å². The molecule has 0 aliphatic carbocycles. The lowest BCUT2D eigenvalue weighted by molar-refractivity contribution is 0.756. The minimum absolute atomic E-state index is 0.147. The van der Waals surface area contributed by atoms with Crippen molar-refractivity contribution in [2.45, 2.75) is 26.7 Å². The molecule has 1 N–H and O–H groups in total. The highest BCUT2D eigenvalue weighted by Gasteiger charge is 2.13. The summed E-state index contributed by atoms with van der Waals surface area (Å²) in [5, 5.41) is 4.26. The van der Waals surface area contributed by atoms with Crippen LogP contribution in [0.3, 0.4) is 0 Å². The first kappa shape index (κ1) is 13.0. The fourth-order valence-corrected chi connectivity index (χ4v) is 2.25. The summed E-state index contributed by atoms with van der Waals surface area (Å²) in [4.78, 5) is 19.1. The van der Waals surface area contributed by atoms with E-state index in [4.69, 9.17) is 0 Å². The van der Waals surface area contributed by atoms with Crippen LogP contribution in [0.1, 0.15) is 24.7 Å². The molecule has 0 amide bonds. The average Bonchev–Trinajstić information content (AvgIpc) is 2.64. The Morgan fingerprint density at radius 3 is 2.78 bits per heavy atom. The molecule has 2 aromatic heterocycles. The third-order valence-corrected chi connectivity index (χ3v) is 3.50. The highest BCUT2D eigenvalue weighted by atomic mass is 79.9. The number of nitrogens with one attached hydrogen (secondary N) is 1. The van der Waals surface area contributed by atoms with Crippen molar-refractivity contribution in [3.05, 3.63) is 32.4 Å². The Bertz CT molecular complexity index is 629. The fraction of sp³-hybridized carbons (Fsp3) is 0.417. The van der Waals surface area contributed by atoms with Gasteiger partial charge in [0.25, 0.3) is 5.56 Å². The first-order chi connectivity index (χ1) is 8.52. The van der Waals surface area contributed by atoms with Gasteiger partial charge >= 0.3 is 0 Å². The standard InChI is InChI=1S/C12H15BrN4O/c1-4-5-9-10(13)12(18)15-11(14-9)8-6-17(3)16-7(8)2/h6H,4-5H2,1-3H3,(H,14,15,18). The second-order valence-electron chi connectivity index (χ2n) is 4.23. The molecule has 18 heavy (non-hydrogen) atoms. The van der Waals surface area contributed by atoms with E-state index in [1.807, 2.05) is 20.2 Å². The van der Waals surface area contributed by atoms with Crippen molar-refractivity contribution in [3.63, 3.8) is 0 Å². The lowest BCUT2D eigenvalue weighted by Crippen LogP contribution is -2.13. The molecule has 0 unspecified atom stereocenters. The Hall–Kier alpha value is -1.43. The van der Waals surface area contributed by atoms with Crippen molar-refractivity contribution in [3.8, 4) is 11.4 Å². The van der Waals surface area contributed by atoms with Gasteiger partial charge in [0.05, 0.1) is 17.0 Å². The van der Waals surface area contributed by atoms with Gasteiger partial charge < -0.3 is 4.98 Å². The summed E-state index contributed by atoms with van der Waals surface area (Å²) in [6, 6.07) is 0. The molecule has 0 saturated heterocycles. The van der Waals surface area contributed by atoms with Crippen LogP contribution in [0.4, 0.5) is 0 Å². The predicted molar refractivity (Wildman–Crippen MR) is 73.5 cm³/mol. The molecule has 0 aromatic carbocycles. The SMILES string of the molecule is CCCc1nc(-c2cn(C)nc2C)[nH]c(=O)c1Br. The summed E-state index contributed by atoms with van der Waals surface area (Å²) in [7, 11) is 1.85. The highest BCUT2D eigenvalue weighted by Crippen LogP contribution is 2.20. The van der Waals surface area contributed by atoms with Crippen LogP contribution in [0, 0.1) is 6.92 Å². The van der Waals surface area contributed by atoms with Crippen molar-refractivity contribution >= 4 is 15.9 Å². The van der Waals surface area contributed by atoms with Crippen molar-refractivity contribution < 1.29 is 0 Å². The van der Waals surface area contributed by atoms with E-state index >= 15 is 0 Å². The Kier molecular flexibility index (Phi) is 3.65. The van der Waals surface area contributed by atoms with Gasteiger partial charge in [-0.3, -0.25) is 9.48 Å². The van der Waals surface area contributed by atoms with E-state index in [-0.39, 0.29) is 5.56 Å². The van der Waals surface area contributed by atoms with Crippen LogP contribution in [0.25, 0.3) is 11.4 Å². The monoisotopic (exact) mass is 310 g/mol. The molecule has 2 aromatic rings. The molecule has 0 bridgehead atoms. The Labute approximate surface area is 113 Å². The molecular formula is C12H15BrN4O. The minimum Gasteiger partial charge on any atom is -0.305 e. The third kappa shape index (κ3) is 2.38. The molecule has 2 rings (SSSR count). The van der Waals surface area contributed by atoms with Gasteiger partial charge in [0, 0.05) is 13.2 Å². The third-order valence-electron chi connectivity index (χ3n) is 2.69. The molecule has 0 spiro atoms. The van der Waals surface area contributed by atoms with E-state index in [9.17, 15) is 4.79 Å². The van der Waals surface area contributed by atoms with Crippen LogP contribution in [0.2, 0.25) is 0 Å². The molecule has 96 valence electrons. The molecule has 0 atom stereocenters. The van der Waals surface area contributed by atoms with E-state index in [1.165, 1.54) is 0 Å². The van der Waals surface area contributed by atoms with Gasteiger partial charge in [0.15, 0.2) is 0 Å². The maximum atomic E-state index is 11.9. The number of rotatable bonds is 3. The zero-order valence-electron chi connectivity index (χ0n) is 10.6. The number of hydrogen-bond acceptors (Lipinski definition) is 3. The summed E-state index contributed by atoms with van der Waals surface area (Å²) >= 11 is 3.28. The second kappa shape index (κ2) is 5.06. The second-order valence-corrected chi connectivity index (χ2v) is 5.02. The average molecular weight is 311 g/mol. The number of hydrogen-bond donors (Lipinski definition) is 1.